The zero-order valence-corrected chi connectivity index (χ0v) is 13.2. The molecule has 1 amide bonds. The summed E-state index contributed by atoms with van der Waals surface area (Å²) in [6.45, 7) is -0.0507. The van der Waals surface area contributed by atoms with Gasteiger partial charge in [0.25, 0.3) is 5.91 Å². The highest BCUT2D eigenvalue weighted by molar-refractivity contribution is 5.86. The van der Waals surface area contributed by atoms with Gasteiger partial charge in [-0.15, -0.1) is 0 Å². The van der Waals surface area contributed by atoms with Gasteiger partial charge in [-0.2, -0.15) is 0 Å². The number of hydrogen-bond donors (Lipinski definition) is 2. The summed E-state index contributed by atoms with van der Waals surface area (Å²) in [4.78, 5) is 23.9. The normalized spacial score (nSPS) is 18.2. The zero-order chi connectivity index (χ0) is 16.9. The molecule has 0 spiro atoms. The smallest absolute Gasteiger partial charge is 0.312 e. The van der Waals surface area contributed by atoms with E-state index in [-0.39, 0.29) is 12.5 Å². The third kappa shape index (κ3) is 4.07. The van der Waals surface area contributed by atoms with Gasteiger partial charge in [-0.05, 0) is 30.5 Å². The van der Waals surface area contributed by atoms with Crippen molar-refractivity contribution in [3.8, 4) is 0 Å². The van der Waals surface area contributed by atoms with Crippen LogP contribution in [-0.4, -0.2) is 36.2 Å². The largest absolute Gasteiger partial charge is 0.481 e. The molecule has 1 fully saturated rings. The number of halogens is 1. The van der Waals surface area contributed by atoms with E-state index in [0.29, 0.717) is 18.4 Å². The van der Waals surface area contributed by atoms with Gasteiger partial charge in [-0.3, -0.25) is 9.59 Å². The van der Waals surface area contributed by atoms with Gasteiger partial charge in [-0.25, -0.2) is 4.39 Å². The van der Waals surface area contributed by atoms with E-state index in [4.69, 9.17) is 4.74 Å². The van der Waals surface area contributed by atoms with Crippen molar-refractivity contribution < 1.29 is 23.8 Å². The molecule has 0 aliphatic heterocycles. The fraction of sp³-hybridized carbons (Fsp3) is 0.529. The molecule has 0 heterocycles. The number of carboxylic acids is 1. The Balaban J connectivity index is 2.05. The summed E-state index contributed by atoms with van der Waals surface area (Å²) in [5.41, 5.74) is -0.404. The van der Waals surface area contributed by atoms with Crippen LogP contribution in [0.15, 0.2) is 24.3 Å². The van der Waals surface area contributed by atoms with E-state index >= 15 is 0 Å². The standard InChI is InChI=1S/C17H22FNO4/c1-23-17(9-3-2-4-10-17)16(22)19-11-14(15(20)21)12-5-7-13(18)8-6-12/h5-8,14H,2-4,9-11H2,1H3,(H,19,22)(H,20,21). The fourth-order valence-corrected chi connectivity index (χ4v) is 3.05. The first-order chi connectivity index (χ1) is 11.0. The van der Waals surface area contributed by atoms with Crippen molar-refractivity contribution in [1.82, 2.24) is 5.32 Å². The Morgan fingerprint density at radius 2 is 1.87 bits per heavy atom. The molecule has 0 saturated heterocycles. The monoisotopic (exact) mass is 323 g/mol. The number of aliphatic carboxylic acids is 1. The van der Waals surface area contributed by atoms with Crippen LogP contribution in [-0.2, 0) is 14.3 Å². The minimum atomic E-state index is -1.06. The van der Waals surface area contributed by atoms with Crippen LogP contribution in [0, 0.1) is 5.82 Å². The van der Waals surface area contributed by atoms with Crippen LogP contribution in [0.25, 0.3) is 0 Å². The fourth-order valence-electron chi connectivity index (χ4n) is 3.05. The van der Waals surface area contributed by atoms with E-state index < -0.39 is 23.3 Å². The molecule has 1 saturated carbocycles. The Morgan fingerprint density at radius 3 is 2.39 bits per heavy atom. The van der Waals surface area contributed by atoms with Crippen molar-refractivity contribution in [2.45, 2.75) is 43.6 Å². The lowest BCUT2D eigenvalue weighted by Gasteiger charge is -2.34. The number of carbonyl (C=O) groups excluding carboxylic acids is 1. The summed E-state index contributed by atoms with van der Waals surface area (Å²) >= 11 is 0. The van der Waals surface area contributed by atoms with E-state index in [9.17, 15) is 19.1 Å². The second-order valence-electron chi connectivity index (χ2n) is 5.91. The van der Waals surface area contributed by atoms with Crippen LogP contribution in [0.1, 0.15) is 43.6 Å². The topological polar surface area (TPSA) is 75.6 Å². The molecule has 2 N–H and O–H groups in total. The molecular formula is C17H22FNO4. The SMILES string of the molecule is COC1(C(=O)NCC(C(=O)O)c2ccc(F)cc2)CCCCC1. The van der Waals surface area contributed by atoms with Crippen LogP contribution in [0.2, 0.25) is 0 Å². The van der Waals surface area contributed by atoms with Gasteiger partial charge in [0, 0.05) is 13.7 Å². The van der Waals surface area contributed by atoms with Crippen LogP contribution in [0.5, 0.6) is 0 Å². The molecule has 1 unspecified atom stereocenters. The molecule has 23 heavy (non-hydrogen) atoms. The third-order valence-corrected chi connectivity index (χ3v) is 4.50. The number of rotatable bonds is 6. The molecule has 1 aliphatic rings. The predicted molar refractivity (Wildman–Crippen MR) is 82.6 cm³/mol. The molecule has 6 heteroatoms. The van der Waals surface area contributed by atoms with Crippen molar-refractivity contribution in [3.05, 3.63) is 35.6 Å². The lowest BCUT2D eigenvalue weighted by atomic mass is 9.83. The molecule has 1 aromatic carbocycles. The quantitative estimate of drug-likeness (QED) is 0.843. The summed E-state index contributed by atoms with van der Waals surface area (Å²) in [7, 11) is 1.51. The van der Waals surface area contributed by atoms with E-state index in [1.54, 1.807) is 0 Å². The van der Waals surface area contributed by atoms with E-state index in [1.807, 2.05) is 0 Å². The minimum absolute atomic E-state index is 0.0507. The Kier molecular flexibility index (Phi) is 5.71. The summed E-state index contributed by atoms with van der Waals surface area (Å²) < 4.78 is 18.4. The number of ether oxygens (including phenoxy) is 1. The first-order valence-electron chi connectivity index (χ1n) is 7.80. The summed E-state index contributed by atoms with van der Waals surface area (Å²) in [6, 6.07) is 5.27. The maximum Gasteiger partial charge on any atom is 0.312 e. The lowest BCUT2D eigenvalue weighted by Crippen LogP contribution is -2.50. The highest BCUT2D eigenvalue weighted by Gasteiger charge is 2.39. The average molecular weight is 323 g/mol. The van der Waals surface area contributed by atoms with Crippen LogP contribution < -0.4 is 5.32 Å². The van der Waals surface area contributed by atoms with Crippen molar-refractivity contribution in [2.75, 3.05) is 13.7 Å². The maximum atomic E-state index is 13.0. The van der Waals surface area contributed by atoms with Crippen molar-refractivity contribution >= 4 is 11.9 Å². The average Bonchev–Trinajstić information content (AvgIpc) is 2.56. The van der Waals surface area contributed by atoms with Gasteiger partial charge in [0.05, 0.1) is 5.92 Å². The molecule has 5 nitrogen and oxygen atoms in total. The van der Waals surface area contributed by atoms with Crippen LogP contribution >= 0.6 is 0 Å². The molecule has 2 rings (SSSR count). The third-order valence-electron chi connectivity index (χ3n) is 4.50. The number of nitrogens with one attached hydrogen (secondary N) is 1. The first-order valence-corrected chi connectivity index (χ1v) is 7.80. The Labute approximate surface area is 134 Å². The van der Waals surface area contributed by atoms with Gasteiger partial charge in [0.15, 0.2) is 0 Å². The van der Waals surface area contributed by atoms with E-state index in [2.05, 4.69) is 5.32 Å². The number of carboxylic acid groups (broad SMARTS) is 1. The molecule has 1 atom stereocenters. The van der Waals surface area contributed by atoms with Gasteiger partial charge < -0.3 is 15.2 Å². The molecule has 1 aromatic rings. The second-order valence-corrected chi connectivity index (χ2v) is 5.91. The molecule has 0 bridgehead atoms. The summed E-state index contributed by atoms with van der Waals surface area (Å²) in [6.07, 6.45) is 4.20. The van der Waals surface area contributed by atoms with E-state index in [1.165, 1.54) is 31.4 Å². The molecule has 1 aliphatic carbocycles. The van der Waals surface area contributed by atoms with Crippen molar-refractivity contribution in [2.24, 2.45) is 0 Å². The Hall–Kier alpha value is -1.95. The number of carbonyl (C=O) groups is 2. The lowest BCUT2D eigenvalue weighted by molar-refractivity contribution is -0.148. The number of hydrogen-bond acceptors (Lipinski definition) is 3. The number of amides is 1. The molecule has 0 radical (unpaired) electrons. The van der Waals surface area contributed by atoms with Gasteiger partial charge >= 0.3 is 5.97 Å². The minimum Gasteiger partial charge on any atom is -0.481 e. The Morgan fingerprint density at radius 1 is 1.26 bits per heavy atom. The highest BCUT2D eigenvalue weighted by atomic mass is 19.1. The van der Waals surface area contributed by atoms with E-state index in [0.717, 1.165) is 19.3 Å². The number of methoxy groups -OCH3 is 1. The molecular weight excluding hydrogens is 301 g/mol. The van der Waals surface area contributed by atoms with Crippen LogP contribution in [0.3, 0.4) is 0 Å². The number of benzene rings is 1. The predicted octanol–water partition coefficient (Wildman–Crippen LogP) is 2.46. The second kappa shape index (κ2) is 7.55. The Bertz CT molecular complexity index is 552. The highest BCUT2D eigenvalue weighted by Crippen LogP contribution is 2.31. The summed E-state index contributed by atoms with van der Waals surface area (Å²) in [5.74, 6) is -2.68. The molecule has 126 valence electrons. The molecule has 0 aromatic heterocycles. The zero-order valence-electron chi connectivity index (χ0n) is 13.2. The first kappa shape index (κ1) is 17.4. The maximum absolute atomic E-state index is 13.0. The van der Waals surface area contributed by atoms with Crippen molar-refractivity contribution in [3.63, 3.8) is 0 Å². The summed E-state index contributed by atoms with van der Waals surface area (Å²) in [5, 5.41) is 12.1. The van der Waals surface area contributed by atoms with Crippen molar-refractivity contribution in [1.29, 1.82) is 0 Å². The van der Waals surface area contributed by atoms with Gasteiger partial charge in [0.2, 0.25) is 0 Å². The van der Waals surface area contributed by atoms with Gasteiger partial charge in [0.1, 0.15) is 11.4 Å². The van der Waals surface area contributed by atoms with Crippen LogP contribution in [0.4, 0.5) is 4.39 Å². The van der Waals surface area contributed by atoms with Gasteiger partial charge in [-0.1, -0.05) is 31.4 Å².